The van der Waals surface area contributed by atoms with E-state index in [0.717, 1.165) is 25.0 Å². The van der Waals surface area contributed by atoms with Crippen molar-refractivity contribution in [2.75, 3.05) is 50.5 Å². The maximum Gasteiger partial charge on any atom is 0.418 e. The lowest BCUT2D eigenvalue weighted by Gasteiger charge is -2.35. The number of ether oxygens (including phenoxy) is 1. The number of carbonyl (C=O) groups is 1. The van der Waals surface area contributed by atoms with E-state index < -0.39 is 11.7 Å². The minimum absolute atomic E-state index is 0.0481. The van der Waals surface area contributed by atoms with Crippen molar-refractivity contribution in [1.29, 1.82) is 0 Å². The SMILES string of the molecule is C=CC(=O)N1CCN(c2nc(OC[C@@H]3CCC4(CC4)N3C)nc3cc(-c4nc(N)ccc4C(F)(F)F)c(Cl)cc23)CC1. The van der Waals surface area contributed by atoms with Crippen molar-refractivity contribution >= 4 is 40.0 Å². The third-order valence-electron chi connectivity index (χ3n) is 8.76. The summed E-state index contributed by atoms with van der Waals surface area (Å²) in [6.07, 6.45) is 1.14. The Morgan fingerprint density at radius 3 is 2.55 bits per heavy atom. The first-order valence-corrected chi connectivity index (χ1v) is 14.2. The number of nitrogens with zero attached hydrogens (tertiary/aromatic N) is 6. The van der Waals surface area contributed by atoms with Crippen LogP contribution < -0.4 is 15.4 Å². The van der Waals surface area contributed by atoms with Crippen molar-refractivity contribution in [2.24, 2.45) is 0 Å². The molecule has 0 bridgehead atoms. The van der Waals surface area contributed by atoms with Gasteiger partial charge in [0, 0.05) is 48.7 Å². The molecular weight excluding hydrogens is 571 g/mol. The molecule has 2 N–H and O–H groups in total. The molecule has 6 rings (SSSR count). The quantitative estimate of drug-likeness (QED) is 0.403. The summed E-state index contributed by atoms with van der Waals surface area (Å²) in [5.74, 6) is 0.315. The third-order valence-corrected chi connectivity index (χ3v) is 9.07. The summed E-state index contributed by atoms with van der Waals surface area (Å²) in [5, 5.41) is 0.597. The number of amides is 1. The summed E-state index contributed by atoms with van der Waals surface area (Å²) in [5.41, 5.74) is 5.14. The average molecular weight is 602 g/mol. The van der Waals surface area contributed by atoms with Gasteiger partial charge in [-0.1, -0.05) is 18.2 Å². The number of pyridine rings is 1. The highest BCUT2D eigenvalue weighted by Gasteiger charge is 2.52. The zero-order valence-corrected chi connectivity index (χ0v) is 23.9. The van der Waals surface area contributed by atoms with Crippen molar-refractivity contribution in [2.45, 2.75) is 43.4 Å². The Balaban J connectivity index is 1.40. The number of likely N-dealkylation sites (tertiary alicyclic amines) is 1. The van der Waals surface area contributed by atoms with Gasteiger partial charge in [0.1, 0.15) is 18.2 Å². The second kappa shape index (κ2) is 10.6. The Hall–Kier alpha value is -3.64. The Bertz CT molecular complexity index is 1550. The number of hydrogen-bond donors (Lipinski definition) is 1. The summed E-state index contributed by atoms with van der Waals surface area (Å²) in [6.45, 7) is 5.82. The molecule has 1 aliphatic carbocycles. The summed E-state index contributed by atoms with van der Waals surface area (Å²) in [7, 11) is 2.12. The number of alkyl halides is 3. The van der Waals surface area contributed by atoms with Gasteiger partial charge in [0.15, 0.2) is 0 Å². The first kappa shape index (κ1) is 28.5. The highest BCUT2D eigenvalue weighted by Crippen LogP contribution is 2.51. The van der Waals surface area contributed by atoms with E-state index in [1.807, 2.05) is 4.90 Å². The van der Waals surface area contributed by atoms with Gasteiger partial charge in [-0.05, 0) is 63.1 Å². The molecule has 42 heavy (non-hydrogen) atoms. The van der Waals surface area contributed by atoms with Gasteiger partial charge >= 0.3 is 12.2 Å². The number of aromatic nitrogens is 3. The zero-order chi connectivity index (χ0) is 29.8. The topological polar surface area (TPSA) is 101 Å². The van der Waals surface area contributed by atoms with Crippen LogP contribution in [-0.2, 0) is 11.0 Å². The molecule has 1 saturated carbocycles. The summed E-state index contributed by atoms with van der Waals surface area (Å²) in [4.78, 5) is 31.6. The van der Waals surface area contributed by atoms with Gasteiger partial charge < -0.3 is 20.3 Å². The number of carbonyl (C=O) groups excluding carboxylic acids is 1. The van der Waals surface area contributed by atoms with Crippen LogP contribution in [0.5, 0.6) is 6.01 Å². The standard InChI is InChI=1S/C29H31ClF3N7O2/c1-3-24(41)39-10-12-40(13-11-39)26-19-14-21(30)18(25-20(29(31,32)33)4-5-23(34)36-25)15-22(19)35-27(37-26)42-16-17-6-7-28(8-9-28)38(17)2/h3-5,14-15,17H,1,6-13,16H2,2H3,(H2,34,36)/t17-/m0/s1. The first-order chi connectivity index (χ1) is 20.0. The minimum atomic E-state index is -4.67. The number of hydrogen-bond acceptors (Lipinski definition) is 8. The van der Waals surface area contributed by atoms with Gasteiger partial charge in [-0.3, -0.25) is 9.69 Å². The van der Waals surface area contributed by atoms with Crippen molar-refractivity contribution in [3.63, 3.8) is 0 Å². The molecule has 1 atom stereocenters. The molecule has 3 aromatic rings. The Labute approximate surface area is 246 Å². The number of fused-ring (bicyclic) bond motifs is 1. The van der Waals surface area contributed by atoms with E-state index in [9.17, 15) is 18.0 Å². The molecule has 9 nitrogen and oxygen atoms in total. The van der Waals surface area contributed by atoms with E-state index in [1.165, 1.54) is 25.0 Å². The highest BCUT2D eigenvalue weighted by atomic mass is 35.5. The molecule has 3 aliphatic rings. The fourth-order valence-corrected chi connectivity index (χ4v) is 6.33. The van der Waals surface area contributed by atoms with E-state index in [0.29, 0.717) is 55.0 Å². The fraction of sp³-hybridized carbons (Fsp3) is 0.448. The normalized spacial score (nSPS) is 20.4. The predicted octanol–water partition coefficient (Wildman–Crippen LogP) is 4.79. The molecule has 0 unspecified atom stereocenters. The predicted molar refractivity (Wildman–Crippen MR) is 154 cm³/mol. The van der Waals surface area contributed by atoms with Crippen molar-refractivity contribution in [3.8, 4) is 17.3 Å². The molecule has 3 fully saturated rings. The lowest BCUT2D eigenvalue weighted by Crippen LogP contribution is -2.48. The van der Waals surface area contributed by atoms with Gasteiger partial charge in [-0.15, -0.1) is 0 Å². The van der Waals surface area contributed by atoms with Crippen LogP contribution in [0.1, 0.15) is 31.2 Å². The maximum absolute atomic E-state index is 13.9. The van der Waals surface area contributed by atoms with Crippen LogP contribution >= 0.6 is 11.6 Å². The van der Waals surface area contributed by atoms with Crippen molar-refractivity contribution < 1.29 is 22.7 Å². The molecular formula is C29H31ClF3N7O2. The zero-order valence-electron chi connectivity index (χ0n) is 23.1. The van der Waals surface area contributed by atoms with E-state index in [1.54, 1.807) is 11.0 Å². The van der Waals surface area contributed by atoms with Crippen LogP contribution in [0.4, 0.5) is 24.8 Å². The number of benzene rings is 1. The molecule has 2 saturated heterocycles. The summed E-state index contributed by atoms with van der Waals surface area (Å²) < 4.78 is 47.9. The van der Waals surface area contributed by atoms with Gasteiger partial charge in [-0.2, -0.15) is 23.1 Å². The first-order valence-electron chi connectivity index (χ1n) is 13.9. The van der Waals surface area contributed by atoms with Crippen LogP contribution in [0.3, 0.4) is 0 Å². The Morgan fingerprint density at radius 1 is 1.17 bits per heavy atom. The van der Waals surface area contributed by atoms with E-state index >= 15 is 0 Å². The second-order valence-electron chi connectivity index (χ2n) is 11.2. The molecule has 1 spiro atoms. The third kappa shape index (κ3) is 5.22. The van der Waals surface area contributed by atoms with Crippen LogP contribution in [-0.4, -0.2) is 82.1 Å². The van der Waals surface area contributed by atoms with Crippen LogP contribution in [0.25, 0.3) is 22.2 Å². The summed E-state index contributed by atoms with van der Waals surface area (Å²) in [6, 6.07) is 5.38. The molecule has 1 amide bonds. The number of likely N-dealkylation sites (N-methyl/N-ethyl adjacent to an activating group) is 1. The van der Waals surface area contributed by atoms with Crippen molar-refractivity contribution in [3.05, 3.63) is 47.5 Å². The van der Waals surface area contributed by atoms with E-state index in [4.69, 9.17) is 27.1 Å². The Kier molecular flexibility index (Phi) is 7.17. The molecule has 1 aromatic carbocycles. The summed E-state index contributed by atoms with van der Waals surface area (Å²) >= 11 is 6.62. The number of piperazine rings is 1. The van der Waals surface area contributed by atoms with Crippen LogP contribution in [0, 0.1) is 0 Å². The number of nitrogen functional groups attached to an aromatic ring is 1. The molecule has 2 aliphatic heterocycles. The average Bonchev–Trinajstić information content (AvgIpc) is 3.69. The van der Waals surface area contributed by atoms with Gasteiger partial charge in [0.25, 0.3) is 0 Å². The fourth-order valence-electron chi connectivity index (χ4n) is 6.08. The number of anilines is 2. The van der Waals surface area contributed by atoms with Gasteiger partial charge in [0.05, 0.1) is 21.8 Å². The van der Waals surface area contributed by atoms with Crippen molar-refractivity contribution in [1.82, 2.24) is 24.8 Å². The van der Waals surface area contributed by atoms with Crippen LogP contribution in [0.15, 0.2) is 36.9 Å². The smallest absolute Gasteiger partial charge is 0.418 e. The number of halogens is 4. The lowest BCUT2D eigenvalue weighted by atomic mass is 10.0. The molecule has 0 radical (unpaired) electrons. The van der Waals surface area contributed by atoms with Gasteiger partial charge in [-0.25, -0.2) is 4.98 Å². The van der Waals surface area contributed by atoms with E-state index in [-0.39, 0.29) is 40.1 Å². The number of rotatable bonds is 6. The molecule has 4 heterocycles. The molecule has 13 heteroatoms. The molecule has 222 valence electrons. The number of nitrogens with two attached hydrogens (primary N) is 1. The highest BCUT2D eigenvalue weighted by molar-refractivity contribution is 6.34. The maximum atomic E-state index is 13.9. The molecule has 2 aromatic heterocycles. The van der Waals surface area contributed by atoms with Crippen LogP contribution in [0.2, 0.25) is 5.02 Å². The Morgan fingerprint density at radius 2 is 1.90 bits per heavy atom. The lowest BCUT2D eigenvalue weighted by molar-refractivity contribution is -0.137. The largest absolute Gasteiger partial charge is 0.462 e. The minimum Gasteiger partial charge on any atom is -0.462 e. The van der Waals surface area contributed by atoms with Gasteiger partial charge in [0.2, 0.25) is 5.91 Å². The van der Waals surface area contributed by atoms with E-state index in [2.05, 4.69) is 28.5 Å². The second-order valence-corrected chi connectivity index (χ2v) is 11.6. The monoisotopic (exact) mass is 601 g/mol.